The number of benzene rings is 1. The summed E-state index contributed by atoms with van der Waals surface area (Å²) in [5, 5.41) is 0. The van der Waals surface area contributed by atoms with E-state index in [1.807, 2.05) is 26.0 Å². The zero-order valence-corrected chi connectivity index (χ0v) is 10.2. The Hall–Kier alpha value is -1.46. The summed E-state index contributed by atoms with van der Waals surface area (Å²) >= 11 is 0. The molecule has 0 saturated carbocycles. The number of rotatable bonds is 4. The average Bonchev–Trinajstić information content (AvgIpc) is 2.26. The largest absolute Gasteiger partial charge is 0.492 e. The smallest absolute Gasteiger partial charge is 0.124 e. The molecule has 0 amide bonds. The third kappa shape index (κ3) is 3.60. The second-order valence-corrected chi connectivity index (χ2v) is 3.86. The quantitative estimate of drug-likeness (QED) is 0.621. The molecule has 1 atom stereocenters. The third-order valence-electron chi connectivity index (χ3n) is 2.32. The van der Waals surface area contributed by atoms with Gasteiger partial charge in [-0.15, -0.1) is 11.8 Å². The van der Waals surface area contributed by atoms with Crippen molar-refractivity contribution < 1.29 is 4.74 Å². The number of ether oxygens (including phenoxy) is 1. The second kappa shape index (κ2) is 6.19. The van der Waals surface area contributed by atoms with Gasteiger partial charge in [-0.2, -0.15) is 0 Å². The molecular formula is C14H19NO. The average molecular weight is 217 g/mol. The molecule has 2 heteroatoms. The first-order chi connectivity index (χ1) is 7.65. The van der Waals surface area contributed by atoms with E-state index in [1.165, 1.54) is 5.56 Å². The van der Waals surface area contributed by atoms with Gasteiger partial charge in [0, 0.05) is 18.0 Å². The van der Waals surface area contributed by atoms with Crippen LogP contribution in [-0.2, 0) is 0 Å². The van der Waals surface area contributed by atoms with Crippen molar-refractivity contribution >= 4 is 0 Å². The fourth-order valence-electron chi connectivity index (χ4n) is 1.49. The van der Waals surface area contributed by atoms with E-state index in [0.717, 1.165) is 17.7 Å². The molecule has 2 nitrogen and oxygen atoms in total. The standard InChI is InChI=1S/C14H19NO/c1-4-5-6-9-16-14-8-7-11(2)10-13(14)12(3)15/h7-8,10,12H,6,9,15H2,1-3H3/t12-/m1/s1. The second-order valence-electron chi connectivity index (χ2n) is 3.86. The van der Waals surface area contributed by atoms with Crippen molar-refractivity contribution in [2.45, 2.75) is 33.2 Å². The van der Waals surface area contributed by atoms with Crippen LogP contribution in [0.2, 0.25) is 0 Å². The lowest BCUT2D eigenvalue weighted by Gasteiger charge is -2.14. The maximum Gasteiger partial charge on any atom is 0.124 e. The molecule has 0 heterocycles. The first-order valence-corrected chi connectivity index (χ1v) is 5.53. The van der Waals surface area contributed by atoms with Crippen LogP contribution in [0.1, 0.15) is 37.4 Å². The Morgan fingerprint density at radius 1 is 1.44 bits per heavy atom. The third-order valence-corrected chi connectivity index (χ3v) is 2.32. The van der Waals surface area contributed by atoms with Gasteiger partial charge in [-0.05, 0) is 26.8 Å². The Bertz CT molecular complexity index is 399. The van der Waals surface area contributed by atoms with Gasteiger partial charge in [0.2, 0.25) is 0 Å². The van der Waals surface area contributed by atoms with Crippen molar-refractivity contribution in [2.24, 2.45) is 5.73 Å². The summed E-state index contributed by atoms with van der Waals surface area (Å²) < 4.78 is 5.67. The lowest BCUT2D eigenvalue weighted by Crippen LogP contribution is -2.08. The summed E-state index contributed by atoms with van der Waals surface area (Å²) in [7, 11) is 0. The summed E-state index contributed by atoms with van der Waals surface area (Å²) in [6, 6.07) is 6.08. The Morgan fingerprint density at radius 3 is 2.81 bits per heavy atom. The van der Waals surface area contributed by atoms with Crippen LogP contribution < -0.4 is 10.5 Å². The fraction of sp³-hybridized carbons (Fsp3) is 0.429. The highest BCUT2D eigenvalue weighted by Crippen LogP contribution is 2.24. The van der Waals surface area contributed by atoms with Gasteiger partial charge in [0.25, 0.3) is 0 Å². The van der Waals surface area contributed by atoms with Gasteiger partial charge in [-0.3, -0.25) is 0 Å². The summed E-state index contributed by atoms with van der Waals surface area (Å²) in [5.41, 5.74) is 8.17. The van der Waals surface area contributed by atoms with Crippen molar-refractivity contribution in [1.29, 1.82) is 0 Å². The van der Waals surface area contributed by atoms with E-state index >= 15 is 0 Å². The molecule has 0 unspecified atom stereocenters. The zero-order chi connectivity index (χ0) is 12.0. The van der Waals surface area contributed by atoms with E-state index < -0.39 is 0 Å². The molecule has 1 aromatic rings. The topological polar surface area (TPSA) is 35.2 Å². The minimum absolute atomic E-state index is 0.00726. The first kappa shape index (κ1) is 12.6. The van der Waals surface area contributed by atoms with E-state index in [9.17, 15) is 0 Å². The van der Waals surface area contributed by atoms with Crippen LogP contribution in [0.3, 0.4) is 0 Å². The zero-order valence-electron chi connectivity index (χ0n) is 10.2. The summed E-state index contributed by atoms with van der Waals surface area (Å²) in [6.07, 6.45) is 0.753. The molecular weight excluding hydrogens is 198 g/mol. The van der Waals surface area contributed by atoms with Gasteiger partial charge in [-0.25, -0.2) is 0 Å². The van der Waals surface area contributed by atoms with Crippen LogP contribution in [0.5, 0.6) is 5.75 Å². The van der Waals surface area contributed by atoms with E-state index in [-0.39, 0.29) is 6.04 Å². The predicted octanol–water partition coefficient (Wildman–Crippen LogP) is 2.81. The molecule has 0 fully saturated rings. The Kier molecular flexibility index (Phi) is 4.88. The lowest BCUT2D eigenvalue weighted by molar-refractivity contribution is 0.322. The van der Waals surface area contributed by atoms with Crippen LogP contribution in [0.15, 0.2) is 18.2 Å². The van der Waals surface area contributed by atoms with Gasteiger partial charge < -0.3 is 10.5 Å². The van der Waals surface area contributed by atoms with Crippen LogP contribution in [0, 0.1) is 18.8 Å². The highest BCUT2D eigenvalue weighted by Gasteiger charge is 2.07. The molecule has 0 aliphatic rings. The maximum atomic E-state index is 5.91. The Balaban J connectivity index is 2.73. The summed E-state index contributed by atoms with van der Waals surface area (Å²) in [5.74, 6) is 6.69. The van der Waals surface area contributed by atoms with Crippen molar-refractivity contribution in [3.63, 3.8) is 0 Å². The van der Waals surface area contributed by atoms with Crippen molar-refractivity contribution in [1.82, 2.24) is 0 Å². The van der Waals surface area contributed by atoms with E-state index in [0.29, 0.717) is 6.61 Å². The van der Waals surface area contributed by atoms with Crippen LogP contribution >= 0.6 is 0 Å². The monoisotopic (exact) mass is 217 g/mol. The molecule has 1 aromatic carbocycles. The lowest BCUT2D eigenvalue weighted by atomic mass is 10.1. The minimum Gasteiger partial charge on any atom is -0.492 e. The number of hydrogen-bond acceptors (Lipinski definition) is 2. The first-order valence-electron chi connectivity index (χ1n) is 5.53. The summed E-state index contributed by atoms with van der Waals surface area (Å²) in [6.45, 7) is 6.47. The SMILES string of the molecule is CC#CCCOc1ccc(C)cc1[C@@H](C)N. The molecule has 2 N–H and O–H groups in total. The van der Waals surface area contributed by atoms with Crippen LogP contribution in [-0.4, -0.2) is 6.61 Å². The highest BCUT2D eigenvalue weighted by molar-refractivity contribution is 5.38. The van der Waals surface area contributed by atoms with Gasteiger partial charge in [-0.1, -0.05) is 17.7 Å². The van der Waals surface area contributed by atoms with Crippen molar-refractivity contribution in [3.8, 4) is 17.6 Å². The van der Waals surface area contributed by atoms with E-state index in [2.05, 4.69) is 24.8 Å². The molecule has 0 radical (unpaired) electrons. The Morgan fingerprint density at radius 2 is 2.19 bits per heavy atom. The molecule has 16 heavy (non-hydrogen) atoms. The molecule has 0 aliphatic carbocycles. The minimum atomic E-state index is -0.00726. The highest BCUT2D eigenvalue weighted by atomic mass is 16.5. The summed E-state index contributed by atoms with van der Waals surface area (Å²) in [4.78, 5) is 0. The van der Waals surface area contributed by atoms with Crippen molar-refractivity contribution in [2.75, 3.05) is 6.61 Å². The van der Waals surface area contributed by atoms with E-state index in [4.69, 9.17) is 10.5 Å². The Labute approximate surface area is 97.8 Å². The number of nitrogens with two attached hydrogens (primary N) is 1. The molecule has 0 spiro atoms. The predicted molar refractivity (Wildman–Crippen MR) is 67.3 cm³/mol. The molecule has 0 aliphatic heterocycles. The van der Waals surface area contributed by atoms with Crippen LogP contribution in [0.25, 0.3) is 0 Å². The fourth-order valence-corrected chi connectivity index (χ4v) is 1.49. The molecule has 0 aromatic heterocycles. The maximum absolute atomic E-state index is 5.91. The molecule has 1 rings (SSSR count). The molecule has 0 bridgehead atoms. The van der Waals surface area contributed by atoms with Crippen LogP contribution in [0.4, 0.5) is 0 Å². The van der Waals surface area contributed by atoms with Gasteiger partial charge in [0.15, 0.2) is 0 Å². The number of hydrogen-bond donors (Lipinski definition) is 1. The molecule has 0 saturated heterocycles. The van der Waals surface area contributed by atoms with Gasteiger partial charge >= 0.3 is 0 Å². The van der Waals surface area contributed by atoms with Gasteiger partial charge in [0.1, 0.15) is 5.75 Å². The van der Waals surface area contributed by atoms with E-state index in [1.54, 1.807) is 0 Å². The normalized spacial score (nSPS) is 11.5. The van der Waals surface area contributed by atoms with Gasteiger partial charge in [0.05, 0.1) is 6.61 Å². The van der Waals surface area contributed by atoms with Crippen molar-refractivity contribution in [3.05, 3.63) is 29.3 Å². The molecule has 86 valence electrons. The number of aryl methyl sites for hydroxylation is 1.